The van der Waals surface area contributed by atoms with Crippen LogP contribution in [0.15, 0.2) is 17.5 Å². The van der Waals surface area contributed by atoms with Crippen molar-refractivity contribution >= 4 is 11.3 Å². The fourth-order valence-electron chi connectivity index (χ4n) is 1.93. The highest BCUT2D eigenvalue weighted by Crippen LogP contribution is 2.24. The first-order valence-electron chi connectivity index (χ1n) is 5.81. The molecule has 3 heteroatoms. The normalized spacial score (nSPS) is 16.1. The van der Waals surface area contributed by atoms with E-state index >= 15 is 0 Å². The molecule has 0 radical (unpaired) electrons. The molecular formula is C13H23NOS. The monoisotopic (exact) mass is 241 g/mol. The molecule has 0 saturated heterocycles. The fourth-order valence-corrected chi connectivity index (χ4v) is 2.62. The van der Waals surface area contributed by atoms with E-state index in [1.165, 1.54) is 4.88 Å². The molecule has 0 aromatic carbocycles. The molecule has 92 valence electrons. The van der Waals surface area contributed by atoms with E-state index in [0.717, 1.165) is 13.0 Å². The minimum Gasteiger partial charge on any atom is -0.376 e. The Morgan fingerprint density at radius 3 is 2.56 bits per heavy atom. The number of hydrogen-bond donors (Lipinski definition) is 1. The zero-order valence-electron chi connectivity index (χ0n) is 10.7. The van der Waals surface area contributed by atoms with Crippen molar-refractivity contribution in [2.24, 2.45) is 11.1 Å². The molecule has 2 atom stereocenters. The van der Waals surface area contributed by atoms with Gasteiger partial charge in [-0.05, 0) is 23.8 Å². The quantitative estimate of drug-likeness (QED) is 0.860. The van der Waals surface area contributed by atoms with Crippen LogP contribution in [0.4, 0.5) is 0 Å². The Kier molecular flexibility index (Phi) is 4.96. The van der Waals surface area contributed by atoms with E-state index in [2.05, 4.69) is 38.3 Å². The van der Waals surface area contributed by atoms with Gasteiger partial charge in [-0.1, -0.05) is 26.8 Å². The summed E-state index contributed by atoms with van der Waals surface area (Å²) in [7, 11) is 0. The average molecular weight is 241 g/mol. The summed E-state index contributed by atoms with van der Waals surface area (Å²) in [5, 5.41) is 2.10. The Balaban J connectivity index is 2.39. The van der Waals surface area contributed by atoms with Crippen LogP contribution in [0.2, 0.25) is 0 Å². The van der Waals surface area contributed by atoms with E-state index in [9.17, 15) is 0 Å². The second kappa shape index (κ2) is 5.80. The second-order valence-electron chi connectivity index (χ2n) is 5.35. The van der Waals surface area contributed by atoms with Gasteiger partial charge in [0, 0.05) is 17.3 Å². The maximum absolute atomic E-state index is 5.96. The van der Waals surface area contributed by atoms with Crippen LogP contribution in [0.25, 0.3) is 0 Å². The summed E-state index contributed by atoms with van der Waals surface area (Å²) in [6, 6.07) is 4.29. The molecule has 1 heterocycles. The molecule has 0 bridgehead atoms. The summed E-state index contributed by atoms with van der Waals surface area (Å²) in [6.07, 6.45) is 1.10. The lowest BCUT2D eigenvalue weighted by Gasteiger charge is -2.33. The third-order valence-electron chi connectivity index (χ3n) is 2.56. The Bertz CT molecular complexity index is 287. The number of hydrogen-bond acceptors (Lipinski definition) is 3. The van der Waals surface area contributed by atoms with E-state index in [1.807, 2.05) is 6.92 Å². The van der Waals surface area contributed by atoms with Crippen molar-refractivity contribution in [3.63, 3.8) is 0 Å². The molecule has 0 saturated carbocycles. The largest absolute Gasteiger partial charge is 0.376 e. The van der Waals surface area contributed by atoms with Crippen LogP contribution >= 0.6 is 11.3 Å². The zero-order chi connectivity index (χ0) is 12.2. The van der Waals surface area contributed by atoms with Gasteiger partial charge in [0.05, 0.1) is 12.7 Å². The minimum absolute atomic E-state index is 0.0725. The molecular weight excluding hydrogens is 218 g/mol. The van der Waals surface area contributed by atoms with Gasteiger partial charge in [0.2, 0.25) is 0 Å². The van der Waals surface area contributed by atoms with E-state index in [0.29, 0.717) is 0 Å². The predicted molar refractivity (Wildman–Crippen MR) is 70.9 cm³/mol. The van der Waals surface area contributed by atoms with Crippen molar-refractivity contribution in [3.05, 3.63) is 22.4 Å². The highest BCUT2D eigenvalue weighted by Gasteiger charge is 2.28. The second-order valence-corrected chi connectivity index (χ2v) is 6.38. The molecule has 1 aromatic rings. The van der Waals surface area contributed by atoms with Crippen LogP contribution in [0, 0.1) is 5.41 Å². The molecule has 0 spiro atoms. The Morgan fingerprint density at radius 2 is 2.12 bits per heavy atom. The van der Waals surface area contributed by atoms with Gasteiger partial charge >= 0.3 is 0 Å². The van der Waals surface area contributed by atoms with Crippen LogP contribution in [-0.2, 0) is 11.2 Å². The number of rotatable bonds is 5. The minimum atomic E-state index is 0.0725. The summed E-state index contributed by atoms with van der Waals surface area (Å²) in [4.78, 5) is 1.37. The van der Waals surface area contributed by atoms with Crippen LogP contribution in [-0.4, -0.2) is 18.8 Å². The van der Waals surface area contributed by atoms with Gasteiger partial charge in [-0.3, -0.25) is 0 Å². The smallest absolute Gasteiger partial charge is 0.0771 e. The van der Waals surface area contributed by atoms with E-state index < -0.39 is 0 Å². The molecule has 1 aromatic heterocycles. The molecule has 0 aliphatic carbocycles. The van der Waals surface area contributed by atoms with Crippen molar-refractivity contribution in [1.82, 2.24) is 0 Å². The maximum Gasteiger partial charge on any atom is 0.0771 e. The van der Waals surface area contributed by atoms with E-state index in [4.69, 9.17) is 10.5 Å². The summed E-state index contributed by atoms with van der Waals surface area (Å²) in [5.41, 5.74) is 6.06. The summed E-state index contributed by atoms with van der Waals surface area (Å²) in [6.45, 7) is 9.29. The highest BCUT2D eigenvalue weighted by atomic mass is 32.1. The number of ether oxygens (including phenoxy) is 1. The SMILES string of the molecule is CC(N)C(OCCc1cccs1)C(C)(C)C. The summed E-state index contributed by atoms with van der Waals surface area (Å²) in [5.74, 6) is 0. The van der Waals surface area contributed by atoms with Crippen LogP contribution < -0.4 is 5.73 Å². The summed E-state index contributed by atoms with van der Waals surface area (Å²) < 4.78 is 5.92. The molecule has 16 heavy (non-hydrogen) atoms. The van der Waals surface area contributed by atoms with Crippen molar-refractivity contribution in [3.8, 4) is 0 Å². The van der Waals surface area contributed by atoms with Gasteiger partial charge < -0.3 is 10.5 Å². The van der Waals surface area contributed by atoms with E-state index in [-0.39, 0.29) is 17.6 Å². The van der Waals surface area contributed by atoms with Crippen LogP contribution in [0.1, 0.15) is 32.6 Å². The molecule has 0 amide bonds. The third kappa shape index (κ3) is 4.24. The predicted octanol–water partition coefficient (Wildman–Crippen LogP) is 3.07. The fraction of sp³-hybridized carbons (Fsp3) is 0.692. The first-order valence-corrected chi connectivity index (χ1v) is 6.69. The zero-order valence-corrected chi connectivity index (χ0v) is 11.5. The Hall–Kier alpha value is -0.380. The lowest BCUT2D eigenvalue weighted by atomic mass is 9.85. The standard InChI is InChI=1S/C13H23NOS/c1-10(14)12(13(2,3)4)15-8-7-11-6-5-9-16-11/h5-6,9-10,12H,7-8,14H2,1-4H3. The van der Waals surface area contributed by atoms with Gasteiger partial charge in [0.15, 0.2) is 0 Å². The maximum atomic E-state index is 5.96. The van der Waals surface area contributed by atoms with Crippen molar-refractivity contribution < 1.29 is 4.74 Å². The van der Waals surface area contributed by atoms with Crippen LogP contribution in [0.3, 0.4) is 0 Å². The Labute approximate surface area is 103 Å². The molecule has 0 aliphatic heterocycles. The molecule has 0 aliphatic rings. The van der Waals surface area contributed by atoms with Crippen molar-refractivity contribution in [2.75, 3.05) is 6.61 Å². The topological polar surface area (TPSA) is 35.2 Å². The van der Waals surface area contributed by atoms with Crippen molar-refractivity contribution in [2.45, 2.75) is 46.3 Å². The van der Waals surface area contributed by atoms with Gasteiger partial charge in [0.1, 0.15) is 0 Å². The molecule has 1 rings (SSSR count). The highest BCUT2D eigenvalue weighted by molar-refractivity contribution is 7.09. The van der Waals surface area contributed by atoms with Crippen LogP contribution in [0.5, 0.6) is 0 Å². The third-order valence-corrected chi connectivity index (χ3v) is 3.49. The molecule has 0 fully saturated rings. The first-order chi connectivity index (χ1) is 7.41. The number of thiophene rings is 1. The summed E-state index contributed by atoms with van der Waals surface area (Å²) >= 11 is 1.78. The Morgan fingerprint density at radius 1 is 1.44 bits per heavy atom. The van der Waals surface area contributed by atoms with Gasteiger partial charge in [-0.25, -0.2) is 0 Å². The lowest BCUT2D eigenvalue weighted by Crippen LogP contribution is -2.43. The van der Waals surface area contributed by atoms with Gasteiger partial charge in [-0.15, -0.1) is 11.3 Å². The number of nitrogens with two attached hydrogens (primary N) is 1. The van der Waals surface area contributed by atoms with Gasteiger partial charge in [0.25, 0.3) is 0 Å². The first kappa shape index (κ1) is 13.7. The molecule has 2 unspecified atom stereocenters. The lowest BCUT2D eigenvalue weighted by molar-refractivity contribution is -0.0285. The molecule has 2 nitrogen and oxygen atoms in total. The average Bonchev–Trinajstić information content (AvgIpc) is 2.61. The molecule has 2 N–H and O–H groups in total. The van der Waals surface area contributed by atoms with Gasteiger partial charge in [-0.2, -0.15) is 0 Å². The van der Waals surface area contributed by atoms with Crippen molar-refractivity contribution in [1.29, 1.82) is 0 Å². The van der Waals surface area contributed by atoms with E-state index in [1.54, 1.807) is 11.3 Å².